The fourth-order valence-corrected chi connectivity index (χ4v) is 5.78. The third kappa shape index (κ3) is 4.57. The van der Waals surface area contributed by atoms with E-state index in [2.05, 4.69) is 11.9 Å². The van der Waals surface area contributed by atoms with Gasteiger partial charge in [0.1, 0.15) is 29.7 Å². The molecule has 1 amide bonds. The highest BCUT2D eigenvalue weighted by Gasteiger charge is 2.52. The van der Waals surface area contributed by atoms with Crippen molar-refractivity contribution < 1.29 is 27.8 Å². The second-order valence-electron chi connectivity index (χ2n) is 10.1. The Morgan fingerprint density at radius 2 is 2.08 bits per heavy atom. The van der Waals surface area contributed by atoms with Crippen LogP contribution >= 0.6 is 0 Å². The van der Waals surface area contributed by atoms with E-state index in [0.717, 1.165) is 23.8 Å². The van der Waals surface area contributed by atoms with Crippen molar-refractivity contribution in [1.29, 1.82) is 0 Å². The summed E-state index contributed by atoms with van der Waals surface area (Å²) in [6, 6.07) is 1.95. The van der Waals surface area contributed by atoms with E-state index in [1.807, 2.05) is 6.92 Å². The molecule has 1 aromatic carbocycles. The monoisotopic (exact) mass is 504 g/mol. The molecule has 0 bridgehead atoms. The summed E-state index contributed by atoms with van der Waals surface area (Å²) in [5, 5.41) is 13.8. The molecule has 0 saturated carbocycles. The minimum atomic E-state index is -1.38. The molecule has 7 nitrogen and oxygen atoms in total. The number of benzene rings is 1. The van der Waals surface area contributed by atoms with Crippen molar-refractivity contribution in [3.05, 3.63) is 54.0 Å². The molecule has 0 aliphatic carbocycles. The maximum absolute atomic E-state index is 14.8. The summed E-state index contributed by atoms with van der Waals surface area (Å²) in [6.45, 7) is 7.39. The Balaban J connectivity index is 1.62. The van der Waals surface area contributed by atoms with Crippen LogP contribution in [0.4, 0.5) is 13.2 Å². The summed E-state index contributed by atoms with van der Waals surface area (Å²) in [5.74, 6) is -1.84. The van der Waals surface area contributed by atoms with Gasteiger partial charge < -0.3 is 24.6 Å². The van der Waals surface area contributed by atoms with Crippen molar-refractivity contribution in [2.75, 3.05) is 26.3 Å². The number of ether oxygens (including phenoxy) is 1. The Labute approximate surface area is 207 Å². The van der Waals surface area contributed by atoms with E-state index in [0.29, 0.717) is 38.4 Å². The van der Waals surface area contributed by atoms with E-state index in [-0.39, 0.29) is 30.3 Å². The topological polar surface area (TPSA) is 79.6 Å². The number of nitrogens with one attached hydrogen (secondary N) is 1. The zero-order valence-electron chi connectivity index (χ0n) is 20.2. The number of alkyl halides is 1. The second kappa shape index (κ2) is 9.99. The first kappa shape index (κ1) is 25.0. The molecule has 5 rings (SSSR count). The molecule has 194 valence electrons. The van der Waals surface area contributed by atoms with Crippen LogP contribution in [0.1, 0.15) is 31.6 Å². The lowest BCUT2D eigenvalue weighted by Crippen LogP contribution is -2.60. The second-order valence-corrected chi connectivity index (χ2v) is 10.1. The number of hydrogen-bond acceptors (Lipinski definition) is 5. The highest BCUT2D eigenvalue weighted by molar-refractivity contribution is 5.83. The zero-order valence-corrected chi connectivity index (χ0v) is 20.2. The number of amides is 1. The summed E-state index contributed by atoms with van der Waals surface area (Å²) >= 11 is 0. The molecule has 3 saturated heterocycles. The summed E-state index contributed by atoms with van der Waals surface area (Å²) in [4.78, 5) is 19.7. The molecule has 5 atom stereocenters. The van der Waals surface area contributed by atoms with Gasteiger partial charge in [-0.3, -0.25) is 4.79 Å². The zero-order chi connectivity index (χ0) is 25.6. The van der Waals surface area contributed by atoms with Crippen LogP contribution in [-0.4, -0.2) is 70.1 Å². The Morgan fingerprint density at radius 3 is 2.81 bits per heavy atom. The number of carbonyl (C=O) groups excluding carboxylic acids is 1. The summed E-state index contributed by atoms with van der Waals surface area (Å²) in [6.07, 6.45) is 0.343. The van der Waals surface area contributed by atoms with Crippen LogP contribution in [0.3, 0.4) is 0 Å². The van der Waals surface area contributed by atoms with Gasteiger partial charge in [0.25, 0.3) is 5.91 Å². The number of likely N-dealkylation sites (tertiary alicyclic amines) is 1. The van der Waals surface area contributed by atoms with Gasteiger partial charge >= 0.3 is 0 Å². The van der Waals surface area contributed by atoms with E-state index in [9.17, 15) is 23.1 Å². The first-order valence-electron chi connectivity index (χ1n) is 12.3. The highest BCUT2D eigenvalue weighted by atomic mass is 19.1. The quantitative estimate of drug-likeness (QED) is 0.592. The van der Waals surface area contributed by atoms with Gasteiger partial charge in [0.15, 0.2) is 0 Å². The molecule has 10 heteroatoms. The minimum absolute atomic E-state index is 0.0105. The number of allylic oxidation sites excluding steroid dienone is 1. The number of halogens is 3. The maximum atomic E-state index is 14.8. The van der Waals surface area contributed by atoms with Crippen LogP contribution in [0, 0.1) is 23.5 Å². The normalized spacial score (nSPS) is 27.8. The molecular formula is C26H31F3N4O3. The number of aromatic nitrogens is 2. The molecule has 2 N–H and O–H groups in total. The van der Waals surface area contributed by atoms with Crippen LogP contribution in [0.2, 0.25) is 0 Å². The van der Waals surface area contributed by atoms with Crippen molar-refractivity contribution >= 4 is 5.91 Å². The highest BCUT2D eigenvalue weighted by Crippen LogP contribution is 2.40. The Hall–Kier alpha value is -2.69. The van der Waals surface area contributed by atoms with Crippen LogP contribution in [-0.2, 0) is 16.1 Å². The van der Waals surface area contributed by atoms with Crippen molar-refractivity contribution in [1.82, 2.24) is 19.8 Å². The van der Waals surface area contributed by atoms with Crippen molar-refractivity contribution in [2.45, 2.75) is 50.7 Å². The Morgan fingerprint density at radius 1 is 1.33 bits per heavy atom. The molecule has 2 aromatic rings. The molecule has 0 spiro atoms. The standard InChI is InChI=1S/C26H31F3N4O3/c1-14(2)11-32-13-21(17-9-16(27)3-4-19(17)28)31-25(32)23(15-5-7-36-8-6-15)33-12-18-20(29)10-30-22(18)24(34)26(33)35/h3-4,9,13,15,18,20,22-24,30,34H,1,5-8,10-12H2,2H3/t18?,20?,22?,23?,24-/m0/s1. The third-order valence-corrected chi connectivity index (χ3v) is 7.52. The van der Waals surface area contributed by atoms with Crippen LogP contribution in [0.15, 0.2) is 36.5 Å². The number of imidazole rings is 1. The summed E-state index contributed by atoms with van der Waals surface area (Å²) in [7, 11) is 0. The van der Waals surface area contributed by atoms with Crippen molar-refractivity contribution in [3.8, 4) is 11.3 Å². The number of nitrogens with zero attached hydrogens (tertiary/aromatic N) is 3. The first-order chi connectivity index (χ1) is 17.2. The molecule has 1 aromatic heterocycles. The van der Waals surface area contributed by atoms with Gasteiger partial charge in [-0.25, -0.2) is 18.2 Å². The van der Waals surface area contributed by atoms with E-state index in [1.165, 1.54) is 0 Å². The fourth-order valence-electron chi connectivity index (χ4n) is 5.78. The number of carbonyl (C=O) groups is 1. The van der Waals surface area contributed by atoms with Crippen LogP contribution in [0.5, 0.6) is 0 Å². The SMILES string of the molecule is C=C(C)Cn1cc(-c2cc(F)ccc2F)nc1C(C1CCOCC1)N1CC2C(F)CNC2[C@H](O)C1=O. The van der Waals surface area contributed by atoms with E-state index in [4.69, 9.17) is 9.72 Å². The average Bonchev–Trinajstić information content (AvgIpc) is 3.43. The third-order valence-electron chi connectivity index (χ3n) is 7.52. The van der Waals surface area contributed by atoms with E-state index < -0.39 is 47.8 Å². The van der Waals surface area contributed by atoms with Crippen molar-refractivity contribution in [2.24, 2.45) is 11.8 Å². The number of piperidine rings is 1. The molecular weight excluding hydrogens is 473 g/mol. The first-order valence-corrected chi connectivity index (χ1v) is 12.3. The fraction of sp³-hybridized carbons (Fsp3) is 0.538. The van der Waals surface area contributed by atoms with Crippen LogP contribution < -0.4 is 5.32 Å². The van der Waals surface area contributed by atoms with Gasteiger partial charge in [-0.05, 0) is 43.9 Å². The Kier molecular flexibility index (Phi) is 6.93. The molecule has 3 fully saturated rings. The summed E-state index contributed by atoms with van der Waals surface area (Å²) < 4.78 is 50.8. The molecule has 0 radical (unpaired) electrons. The van der Waals surface area contributed by atoms with Gasteiger partial charge in [-0.15, -0.1) is 0 Å². The van der Waals surface area contributed by atoms with Crippen LogP contribution in [0.25, 0.3) is 11.3 Å². The molecule has 3 aliphatic rings. The molecule has 4 unspecified atom stereocenters. The number of fused-ring (bicyclic) bond motifs is 1. The van der Waals surface area contributed by atoms with Gasteiger partial charge in [-0.2, -0.15) is 0 Å². The molecule has 36 heavy (non-hydrogen) atoms. The lowest BCUT2D eigenvalue weighted by molar-refractivity contribution is -0.154. The van der Waals surface area contributed by atoms with E-state index >= 15 is 0 Å². The predicted octanol–water partition coefficient (Wildman–Crippen LogP) is 3.00. The van der Waals surface area contributed by atoms with Gasteiger partial charge in [-0.1, -0.05) is 12.2 Å². The summed E-state index contributed by atoms with van der Waals surface area (Å²) in [5.41, 5.74) is 1.05. The lowest BCUT2D eigenvalue weighted by atomic mass is 9.84. The maximum Gasteiger partial charge on any atom is 0.253 e. The smallest absolute Gasteiger partial charge is 0.253 e. The largest absolute Gasteiger partial charge is 0.382 e. The number of hydrogen-bond donors (Lipinski definition) is 2. The molecule has 3 aliphatic heterocycles. The number of rotatable bonds is 6. The predicted molar refractivity (Wildman–Crippen MR) is 127 cm³/mol. The van der Waals surface area contributed by atoms with Gasteiger partial charge in [0.05, 0.1) is 11.7 Å². The number of aliphatic hydroxyl groups excluding tert-OH is 1. The number of aliphatic hydroxyl groups is 1. The van der Waals surface area contributed by atoms with Gasteiger partial charge in [0, 0.05) is 56.6 Å². The Bertz CT molecular complexity index is 1150. The van der Waals surface area contributed by atoms with E-state index in [1.54, 1.807) is 15.7 Å². The van der Waals surface area contributed by atoms with Crippen molar-refractivity contribution in [3.63, 3.8) is 0 Å². The molecule has 4 heterocycles. The lowest BCUT2D eigenvalue weighted by Gasteiger charge is -2.45. The average molecular weight is 505 g/mol. The van der Waals surface area contributed by atoms with Gasteiger partial charge in [0.2, 0.25) is 0 Å². The minimum Gasteiger partial charge on any atom is -0.382 e.